The van der Waals surface area contributed by atoms with Gasteiger partial charge in [0.25, 0.3) is 0 Å². The normalized spacial score (nSPS) is 11.5. The molecule has 0 radical (unpaired) electrons. The highest BCUT2D eigenvalue weighted by Crippen LogP contribution is 2.31. The standard InChI is InChI=1S/C16H18N4O4S/c1-4-24-15-11-7-8-17-14(11)19-16(20-15)18-12-6-5-10(25(3,21)22)9-13(12)23-2/h5-9H,4H2,1-3H3,(H2,17,18,19,20). The molecule has 0 fully saturated rings. The summed E-state index contributed by atoms with van der Waals surface area (Å²) in [5.74, 6) is 1.14. The van der Waals surface area contributed by atoms with Crippen molar-refractivity contribution in [1.29, 1.82) is 0 Å². The van der Waals surface area contributed by atoms with Crippen molar-refractivity contribution in [1.82, 2.24) is 15.0 Å². The molecular formula is C16H18N4O4S. The van der Waals surface area contributed by atoms with Crippen molar-refractivity contribution >= 4 is 32.5 Å². The number of methoxy groups -OCH3 is 1. The van der Waals surface area contributed by atoms with Crippen LogP contribution in [-0.2, 0) is 9.84 Å². The molecule has 0 amide bonds. The molecule has 0 spiro atoms. The fourth-order valence-corrected chi connectivity index (χ4v) is 2.98. The Morgan fingerprint density at radius 1 is 1.24 bits per heavy atom. The van der Waals surface area contributed by atoms with E-state index < -0.39 is 9.84 Å². The minimum absolute atomic E-state index is 0.172. The molecule has 9 heteroatoms. The number of anilines is 2. The Bertz CT molecular complexity index is 1010. The highest BCUT2D eigenvalue weighted by Gasteiger charge is 2.14. The minimum atomic E-state index is -3.32. The van der Waals surface area contributed by atoms with Gasteiger partial charge in [-0.3, -0.25) is 0 Å². The molecule has 0 bridgehead atoms. The van der Waals surface area contributed by atoms with Gasteiger partial charge in [-0.25, -0.2) is 8.42 Å². The molecule has 0 aliphatic heterocycles. The second-order valence-corrected chi connectivity index (χ2v) is 7.30. The molecule has 132 valence electrons. The Morgan fingerprint density at radius 3 is 2.72 bits per heavy atom. The number of rotatable bonds is 6. The highest BCUT2D eigenvalue weighted by atomic mass is 32.2. The van der Waals surface area contributed by atoms with Crippen molar-refractivity contribution in [2.45, 2.75) is 11.8 Å². The molecule has 2 heterocycles. The zero-order valence-corrected chi connectivity index (χ0v) is 14.8. The smallest absolute Gasteiger partial charge is 0.232 e. The van der Waals surface area contributed by atoms with Gasteiger partial charge in [0.05, 0.1) is 29.7 Å². The second-order valence-electron chi connectivity index (χ2n) is 5.28. The summed E-state index contributed by atoms with van der Waals surface area (Å²) >= 11 is 0. The van der Waals surface area contributed by atoms with Gasteiger partial charge in [-0.05, 0) is 25.1 Å². The lowest BCUT2D eigenvalue weighted by Crippen LogP contribution is -2.04. The zero-order valence-electron chi connectivity index (χ0n) is 14.0. The van der Waals surface area contributed by atoms with Crippen molar-refractivity contribution in [3.8, 4) is 11.6 Å². The largest absolute Gasteiger partial charge is 0.495 e. The molecular weight excluding hydrogens is 344 g/mol. The maximum Gasteiger partial charge on any atom is 0.232 e. The van der Waals surface area contributed by atoms with E-state index in [0.29, 0.717) is 35.5 Å². The molecule has 2 aromatic heterocycles. The van der Waals surface area contributed by atoms with Crippen molar-refractivity contribution in [3.63, 3.8) is 0 Å². The van der Waals surface area contributed by atoms with Gasteiger partial charge < -0.3 is 19.8 Å². The van der Waals surface area contributed by atoms with Crippen LogP contribution in [0, 0.1) is 0 Å². The number of sulfone groups is 1. The van der Waals surface area contributed by atoms with Crippen LogP contribution in [0.3, 0.4) is 0 Å². The van der Waals surface area contributed by atoms with Crippen LogP contribution in [0.15, 0.2) is 35.4 Å². The van der Waals surface area contributed by atoms with E-state index in [2.05, 4.69) is 20.3 Å². The molecule has 3 rings (SSSR count). The molecule has 25 heavy (non-hydrogen) atoms. The number of hydrogen-bond donors (Lipinski definition) is 2. The van der Waals surface area contributed by atoms with Gasteiger partial charge in [0.2, 0.25) is 11.8 Å². The molecule has 8 nitrogen and oxygen atoms in total. The fraction of sp³-hybridized carbons (Fsp3) is 0.250. The van der Waals surface area contributed by atoms with Crippen LogP contribution in [0.1, 0.15) is 6.92 Å². The summed E-state index contributed by atoms with van der Waals surface area (Å²) in [5, 5.41) is 3.82. The third-order valence-electron chi connectivity index (χ3n) is 3.51. The number of H-pyrrole nitrogens is 1. The van der Waals surface area contributed by atoms with Crippen molar-refractivity contribution in [2.75, 3.05) is 25.3 Å². The fourth-order valence-electron chi connectivity index (χ4n) is 2.34. The summed E-state index contributed by atoms with van der Waals surface area (Å²) in [5.41, 5.74) is 1.18. The summed E-state index contributed by atoms with van der Waals surface area (Å²) in [6, 6.07) is 6.40. The van der Waals surface area contributed by atoms with Gasteiger partial charge in [0.15, 0.2) is 9.84 Å². The highest BCUT2D eigenvalue weighted by molar-refractivity contribution is 7.90. The lowest BCUT2D eigenvalue weighted by atomic mass is 10.3. The summed E-state index contributed by atoms with van der Waals surface area (Å²) in [4.78, 5) is 11.9. The molecule has 0 saturated heterocycles. The van der Waals surface area contributed by atoms with E-state index in [1.165, 1.54) is 19.2 Å². The molecule has 2 N–H and O–H groups in total. The first-order valence-electron chi connectivity index (χ1n) is 7.55. The molecule has 0 atom stereocenters. The van der Waals surface area contributed by atoms with Gasteiger partial charge >= 0.3 is 0 Å². The Labute approximate surface area is 145 Å². The summed E-state index contributed by atoms with van der Waals surface area (Å²) in [6.45, 7) is 2.35. The van der Waals surface area contributed by atoms with Gasteiger partial charge in [0, 0.05) is 18.5 Å². The maximum absolute atomic E-state index is 11.7. The summed E-state index contributed by atoms with van der Waals surface area (Å²) in [6.07, 6.45) is 2.90. The number of aromatic nitrogens is 3. The predicted molar refractivity (Wildman–Crippen MR) is 94.4 cm³/mol. The Morgan fingerprint density at radius 2 is 2.04 bits per heavy atom. The number of aromatic amines is 1. The topological polar surface area (TPSA) is 106 Å². The average Bonchev–Trinajstić information content (AvgIpc) is 3.03. The maximum atomic E-state index is 11.7. The number of ether oxygens (including phenoxy) is 2. The molecule has 0 saturated carbocycles. The van der Waals surface area contributed by atoms with E-state index in [1.54, 1.807) is 12.3 Å². The van der Waals surface area contributed by atoms with Gasteiger partial charge in [-0.2, -0.15) is 9.97 Å². The van der Waals surface area contributed by atoms with Crippen molar-refractivity contribution < 1.29 is 17.9 Å². The number of hydrogen-bond acceptors (Lipinski definition) is 7. The molecule has 0 aliphatic rings. The van der Waals surface area contributed by atoms with Crippen LogP contribution in [-0.4, -0.2) is 43.3 Å². The first-order valence-corrected chi connectivity index (χ1v) is 9.44. The zero-order chi connectivity index (χ0) is 18.0. The number of benzene rings is 1. The van der Waals surface area contributed by atoms with E-state index in [4.69, 9.17) is 9.47 Å². The summed E-state index contributed by atoms with van der Waals surface area (Å²) in [7, 11) is -1.86. The Hall–Kier alpha value is -2.81. The SMILES string of the molecule is CCOc1nc(Nc2ccc(S(C)(=O)=O)cc2OC)nc2[nH]ccc12. The van der Waals surface area contributed by atoms with Crippen LogP contribution in [0.5, 0.6) is 11.6 Å². The third kappa shape index (κ3) is 3.50. The van der Waals surface area contributed by atoms with Crippen LogP contribution < -0.4 is 14.8 Å². The molecule has 0 aliphatic carbocycles. The van der Waals surface area contributed by atoms with E-state index >= 15 is 0 Å². The molecule has 1 aromatic carbocycles. The van der Waals surface area contributed by atoms with E-state index in [0.717, 1.165) is 11.6 Å². The molecule has 0 unspecified atom stereocenters. The quantitative estimate of drug-likeness (QED) is 0.694. The lowest BCUT2D eigenvalue weighted by molar-refractivity contribution is 0.331. The predicted octanol–water partition coefficient (Wildman–Crippen LogP) is 2.51. The number of nitrogens with zero attached hydrogens (tertiary/aromatic N) is 2. The van der Waals surface area contributed by atoms with Gasteiger partial charge in [-0.15, -0.1) is 0 Å². The van der Waals surface area contributed by atoms with Crippen LogP contribution >= 0.6 is 0 Å². The van der Waals surface area contributed by atoms with E-state index in [9.17, 15) is 8.42 Å². The third-order valence-corrected chi connectivity index (χ3v) is 4.62. The van der Waals surface area contributed by atoms with E-state index in [-0.39, 0.29) is 4.90 Å². The van der Waals surface area contributed by atoms with Gasteiger partial charge in [0.1, 0.15) is 11.4 Å². The lowest BCUT2D eigenvalue weighted by Gasteiger charge is -2.12. The van der Waals surface area contributed by atoms with Gasteiger partial charge in [-0.1, -0.05) is 0 Å². The van der Waals surface area contributed by atoms with Crippen molar-refractivity contribution in [3.05, 3.63) is 30.5 Å². The van der Waals surface area contributed by atoms with Crippen LogP contribution in [0.4, 0.5) is 11.6 Å². The summed E-state index contributed by atoms with van der Waals surface area (Å²) < 4.78 is 34.2. The Kier molecular flexibility index (Phi) is 4.49. The monoisotopic (exact) mass is 362 g/mol. The van der Waals surface area contributed by atoms with Crippen molar-refractivity contribution in [2.24, 2.45) is 0 Å². The first kappa shape index (κ1) is 17.0. The minimum Gasteiger partial charge on any atom is -0.495 e. The Balaban J connectivity index is 2.01. The van der Waals surface area contributed by atoms with Crippen LogP contribution in [0.25, 0.3) is 11.0 Å². The number of fused-ring (bicyclic) bond motifs is 1. The average molecular weight is 362 g/mol. The number of nitrogens with one attached hydrogen (secondary N) is 2. The van der Waals surface area contributed by atoms with E-state index in [1.807, 2.05) is 13.0 Å². The second kappa shape index (κ2) is 6.60. The molecule has 3 aromatic rings. The van der Waals surface area contributed by atoms with Crippen LogP contribution in [0.2, 0.25) is 0 Å². The first-order chi connectivity index (χ1) is 11.9.